The Balaban J connectivity index is 2.25. The lowest BCUT2D eigenvalue weighted by atomic mass is 10.2. The summed E-state index contributed by atoms with van der Waals surface area (Å²) < 4.78 is 7.04. The van der Waals surface area contributed by atoms with Gasteiger partial charge in [0.1, 0.15) is 5.75 Å². The number of rotatable bonds is 5. The fourth-order valence-electron chi connectivity index (χ4n) is 2.47. The molecule has 3 aromatic rings. The molecule has 4 nitrogen and oxygen atoms in total. The number of para-hydroxylation sites is 3. The first kappa shape index (κ1) is 17.6. The Morgan fingerprint density at radius 1 is 1.24 bits per heavy atom. The van der Waals surface area contributed by atoms with Crippen LogP contribution in [-0.2, 0) is 0 Å². The summed E-state index contributed by atoms with van der Waals surface area (Å²) in [4.78, 5) is 17.8. The molecule has 0 atom stereocenters. The van der Waals surface area contributed by atoms with Gasteiger partial charge in [-0.3, -0.25) is 9.36 Å². The Kier molecular flexibility index (Phi) is 5.46. The fraction of sp³-hybridized carbons (Fsp3) is 0.158. The molecule has 0 spiro atoms. The SMILES string of the molecule is COc1ccccc1-n1c(SCC=C(C)Cl)nc2ccccc2c1=O. The second kappa shape index (κ2) is 7.76. The highest BCUT2D eigenvalue weighted by molar-refractivity contribution is 7.99. The number of hydrogen-bond acceptors (Lipinski definition) is 4. The first-order chi connectivity index (χ1) is 12.1. The second-order valence-corrected chi connectivity index (χ2v) is 6.91. The van der Waals surface area contributed by atoms with Gasteiger partial charge < -0.3 is 4.74 Å². The number of methoxy groups -OCH3 is 1. The molecule has 0 bridgehead atoms. The van der Waals surface area contributed by atoms with Crippen molar-refractivity contribution in [2.24, 2.45) is 0 Å². The third kappa shape index (κ3) is 3.72. The van der Waals surface area contributed by atoms with E-state index in [9.17, 15) is 4.79 Å². The molecular weight excluding hydrogens is 356 g/mol. The van der Waals surface area contributed by atoms with Gasteiger partial charge in [-0.2, -0.15) is 0 Å². The number of benzene rings is 2. The van der Waals surface area contributed by atoms with Crippen molar-refractivity contribution in [1.29, 1.82) is 0 Å². The molecule has 0 N–H and O–H groups in total. The topological polar surface area (TPSA) is 44.1 Å². The molecular formula is C19H17ClN2O2S. The normalized spacial score (nSPS) is 11.7. The van der Waals surface area contributed by atoms with Gasteiger partial charge in [0, 0.05) is 10.8 Å². The Morgan fingerprint density at radius 2 is 1.96 bits per heavy atom. The maximum atomic E-state index is 13.1. The number of aromatic nitrogens is 2. The van der Waals surface area contributed by atoms with E-state index in [0.717, 1.165) is 0 Å². The lowest BCUT2D eigenvalue weighted by Crippen LogP contribution is -2.22. The first-order valence-electron chi connectivity index (χ1n) is 7.72. The summed E-state index contributed by atoms with van der Waals surface area (Å²) in [5, 5.41) is 1.88. The van der Waals surface area contributed by atoms with Gasteiger partial charge in [0.25, 0.3) is 5.56 Å². The molecule has 0 aliphatic heterocycles. The largest absolute Gasteiger partial charge is 0.495 e. The van der Waals surface area contributed by atoms with Crippen LogP contribution in [0.4, 0.5) is 0 Å². The van der Waals surface area contributed by atoms with Crippen molar-refractivity contribution in [2.45, 2.75) is 12.1 Å². The minimum absolute atomic E-state index is 0.121. The minimum Gasteiger partial charge on any atom is -0.495 e. The van der Waals surface area contributed by atoms with Crippen molar-refractivity contribution in [3.05, 3.63) is 70.0 Å². The molecule has 1 aromatic heterocycles. The van der Waals surface area contributed by atoms with Crippen molar-refractivity contribution in [3.63, 3.8) is 0 Å². The molecule has 0 amide bonds. The molecule has 0 saturated carbocycles. The predicted octanol–water partition coefficient (Wildman–Crippen LogP) is 4.63. The van der Waals surface area contributed by atoms with Crippen LogP contribution in [-0.4, -0.2) is 22.4 Å². The van der Waals surface area contributed by atoms with Crippen LogP contribution in [0.25, 0.3) is 16.6 Å². The quantitative estimate of drug-likeness (QED) is 0.484. The number of hydrogen-bond donors (Lipinski definition) is 0. The summed E-state index contributed by atoms with van der Waals surface area (Å²) in [7, 11) is 1.59. The number of fused-ring (bicyclic) bond motifs is 1. The van der Waals surface area contributed by atoms with E-state index in [1.165, 1.54) is 11.8 Å². The predicted molar refractivity (Wildman–Crippen MR) is 104 cm³/mol. The lowest BCUT2D eigenvalue weighted by molar-refractivity contribution is 0.411. The summed E-state index contributed by atoms with van der Waals surface area (Å²) in [6, 6.07) is 14.8. The van der Waals surface area contributed by atoms with Gasteiger partial charge in [0.2, 0.25) is 0 Å². The van der Waals surface area contributed by atoms with Gasteiger partial charge in [-0.15, -0.1) is 0 Å². The lowest BCUT2D eigenvalue weighted by Gasteiger charge is -2.15. The van der Waals surface area contributed by atoms with E-state index in [0.29, 0.717) is 38.3 Å². The maximum Gasteiger partial charge on any atom is 0.266 e. The number of ether oxygens (including phenoxy) is 1. The zero-order valence-corrected chi connectivity index (χ0v) is 15.5. The van der Waals surface area contributed by atoms with Crippen molar-refractivity contribution in [1.82, 2.24) is 9.55 Å². The average Bonchev–Trinajstić information content (AvgIpc) is 2.62. The third-order valence-electron chi connectivity index (χ3n) is 3.65. The van der Waals surface area contributed by atoms with Crippen LogP contribution >= 0.6 is 23.4 Å². The molecule has 25 heavy (non-hydrogen) atoms. The number of halogens is 1. The van der Waals surface area contributed by atoms with E-state index in [2.05, 4.69) is 4.98 Å². The van der Waals surface area contributed by atoms with Crippen LogP contribution < -0.4 is 10.3 Å². The zero-order chi connectivity index (χ0) is 17.8. The van der Waals surface area contributed by atoms with Gasteiger partial charge in [0.05, 0.1) is 23.7 Å². The molecule has 0 aliphatic rings. The monoisotopic (exact) mass is 372 g/mol. The summed E-state index contributed by atoms with van der Waals surface area (Å²) in [5.74, 6) is 1.24. The van der Waals surface area contributed by atoms with E-state index in [-0.39, 0.29) is 5.56 Å². The first-order valence-corrected chi connectivity index (χ1v) is 9.08. The van der Waals surface area contributed by atoms with Crippen LogP contribution in [0.1, 0.15) is 6.92 Å². The van der Waals surface area contributed by atoms with E-state index in [1.54, 1.807) is 17.7 Å². The Bertz CT molecular complexity index is 994. The summed E-state index contributed by atoms with van der Waals surface area (Å²) in [5.41, 5.74) is 1.22. The van der Waals surface area contributed by atoms with E-state index < -0.39 is 0 Å². The van der Waals surface area contributed by atoms with Gasteiger partial charge in [-0.25, -0.2) is 4.98 Å². The molecule has 0 radical (unpaired) electrons. The smallest absolute Gasteiger partial charge is 0.266 e. The maximum absolute atomic E-state index is 13.1. The average molecular weight is 373 g/mol. The van der Waals surface area contributed by atoms with Gasteiger partial charge in [-0.1, -0.05) is 53.7 Å². The minimum atomic E-state index is -0.121. The Hall–Kier alpha value is -2.24. The summed E-state index contributed by atoms with van der Waals surface area (Å²) in [6.07, 6.45) is 1.89. The Morgan fingerprint density at radius 3 is 2.72 bits per heavy atom. The summed E-state index contributed by atoms with van der Waals surface area (Å²) >= 11 is 7.37. The number of thioether (sulfide) groups is 1. The van der Waals surface area contributed by atoms with Gasteiger partial charge in [-0.05, 0) is 31.2 Å². The molecule has 0 fully saturated rings. The number of nitrogens with zero attached hydrogens (tertiary/aromatic N) is 2. The van der Waals surface area contributed by atoms with Gasteiger partial charge >= 0.3 is 0 Å². The number of allylic oxidation sites excluding steroid dienone is 1. The zero-order valence-electron chi connectivity index (χ0n) is 13.9. The molecule has 0 aliphatic carbocycles. The van der Waals surface area contributed by atoms with Crippen molar-refractivity contribution >= 4 is 34.3 Å². The second-order valence-electron chi connectivity index (χ2n) is 5.33. The summed E-state index contributed by atoms with van der Waals surface area (Å²) in [6.45, 7) is 1.82. The molecule has 0 unspecified atom stereocenters. The molecule has 1 heterocycles. The van der Waals surface area contributed by atoms with Crippen molar-refractivity contribution in [3.8, 4) is 11.4 Å². The van der Waals surface area contributed by atoms with E-state index in [1.807, 2.05) is 55.5 Å². The molecule has 6 heteroatoms. The van der Waals surface area contributed by atoms with E-state index >= 15 is 0 Å². The molecule has 128 valence electrons. The molecule has 3 rings (SSSR count). The van der Waals surface area contributed by atoms with Crippen molar-refractivity contribution < 1.29 is 4.74 Å². The highest BCUT2D eigenvalue weighted by atomic mass is 35.5. The fourth-order valence-corrected chi connectivity index (χ4v) is 3.59. The van der Waals surface area contributed by atoms with Crippen LogP contribution in [0.5, 0.6) is 5.75 Å². The Labute approximate surface area is 155 Å². The highest BCUT2D eigenvalue weighted by Gasteiger charge is 2.15. The van der Waals surface area contributed by atoms with Gasteiger partial charge in [0.15, 0.2) is 5.16 Å². The van der Waals surface area contributed by atoms with Crippen LogP contribution in [0.2, 0.25) is 0 Å². The third-order valence-corrected chi connectivity index (χ3v) is 4.67. The van der Waals surface area contributed by atoms with E-state index in [4.69, 9.17) is 16.3 Å². The standard InChI is InChI=1S/C19H17ClN2O2S/c1-13(20)11-12-25-19-21-15-8-4-3-7-14(15)18(23)22(19)16-9-5-6-10-17(16)24-2/h3-11H,12H2,1-2H3. The molecule has 2 aromatic carbocycles. The van der Waals surface area contributed by atoms with Crippen LogP contribution in [0.3, 0.4) is 0 Å². The van der Waals surface area contributed by atoms with Crippen molar-refractivity contribution in [2.75, 3.05) is 12.9 Å². The molecule has 0 saturated heterocycles. The highest BCUT2D eigenvalue weighted by Crippen LogP contribution is 2.27. The van der Waals surface area contributed by atoms with Crippen LogP contribution in [0, 0.1) is 0 Å². The van der Waals surface area contributed by atoms with Crippen LogP contribution in [0.15, 0.2) is 69.6 Å².